The molecule has 0 fully saturated rings. The molecular formula is C42H87N8O5+3. The summed E-state index contributed by atoms with van der Waals surface area (Å²) in [5.41, 5.74) is 17.2. The lowest BCUT2D eigenvalue weighted by molar-refractivity contribution is -0.369. The highest BCUT2D eigenvalue weighted by Gasteiger charge is 2.27. The molecule has 0 aliphatic carbocycles. The monoisotopic (exact) mass is 784 g/mol. The number of primary amides is 1. The first-order chi connectivity index (χ1) is 26.7. The number of hydrogen-bond acceptors (Lipinski definition) is 6. The number of nitrogens with two attached hydrogens (primary N) is 1. The van der Waals surface area contributed by atoms with Crippen LogP contribution in [0.2, 0.25) is 0 Å². The van der Waals surface area contributed by atoms with Gasteiger partial charge in [0.15, 0.2) is 0 Å². The van der Waals surface area contributed by atoms with Crippen molar-refractivity contribution < 1.29 is 41.2 Å². The summed E-state index contributed by atoms with van der Waals surface area (Å²) in [7, 11) is 0. The van der Waals surface area contributed by atoms with Crippen molar-refractivity contribution >= 4 is 29.9 Å². The lowest BCUT2D eigenvalue weighted by Gasteiger charge is -2.27. The zero-order valence-electron chi connectivity index (χ0n) is 35.3. The number of carbonyl (C=O) groups is 5. The third-order valence-corrected chi connectivity index (χ3v) is 10.5. The van der Waals surface area contributed by atoms with Crippen molar-refractivity contribution in [2.75, 3.05) is 26.2 Å². The van der Waals surface area contributed by atoms with Gasteiger partial charge in [0, 0.05) is 25.4 Å². The molecule has 0 saturated carbocycles. The maximum absolute atomic E-state index is 13.8. The normalized spacial score (nSPS) is 13.5. The van der Waals surface area contributed by atoms with Gasteiger partial charge in [-0.25, -0.2) is 0 Å². The zero-order chi connectivity index (χ0) is 40.8. The van der Waals surface area contributed by atoms with Crippen molar-refractivity contribution in [3.63, 3.8) is 0 Å². The first-order valence-electron chi connectivity index (χ1n) is 22.5. The lowest BCUT2D eigenvalue weighted by Crippen LogP contribution is -2.55. The van der Waals surface area contributed by atoms with Crippen LogP contribution < -0.4 is 44.2 Å². The molecule has 55 heavy (non-hydrogen) atoms. The number of quaternary nitrogens is 3. The molecule has 4 atom stereocenters. The minimum atomic E-state index is -0.586. The second kappa shape index (κ2) is 38.3. The van der Waals surface area contributed by atoms with Crippen LogP contribution in [-0.2, 0) is 24.0 Å². The molecule has 0 radical (unpaired) electrons. The molecule has 15 N–H and O–H groups in total. The average Bonchev–Trinajstić information content (AvgIpc) is 3.16. The Morgan fingerprint density at radius 2 is 1.04 bits per heavy atom. The molecule has 13 nitrogen and oxygen atoms in total. The van der Waals surface area contributed by atoms with Gasteiger partial charge < -0.3 is 49.0 Å². The molecule has 4 amide bonds. The fourth-order valence-corrected chi connectivity index (χ4v) is 6.97. The molecule has 4 unspecified atom stereocenters. The van der Waals surface area contributed by atoms with Crippen LogP contribution in [0.5, 0.6) is 0 Å². The summed E-state index contributed by atoms with van der Waals surface area (Å²) in [6, 6.07) is -1.26. The first kappa shape index (κ1) is 52.4. The number of nitrogens with one attached hydrogen (secondary N) is 4. The van der Waals surface area contributed by atoms with Gasteiger partial charge in [0.2, 0.25) is 23.6 Å². The van der Waals surface area contributed by atoms with E-state index in [1.807, 2.05) is 0 Å². The van der Waals surface area contributed by atoms with E-state index in [4.69, 9.17) is 5.73 Å². The number of rotatable bonds is 41. The van der Waals surface area contributed by atoms with Gasteiger partial charge in [0.1, 0.15) is 18.4 Å². The highest BCUT2D eigenvalue weighted by molar-refractivity contribution is 5.89. The highest BCUT2D eigenvalue weighted by Crippen LogP contribution is 2.15. The Morgan fingerprint density at radius 3 is 1.58 bits per heavy atom. The topological polar surface area (TPSA) is 242 Å². The van der Waals surface area contributed by atoms with Crippen molar-refractivity contribution in [1.82, 2.24) is 21.3 Å². The molecule has 0 aromatic carbocycles. The number of carbonyl (C=O) groups excluding carboxylic acids is 5. The Kier molecular flexibility index (Phi) is 36.5. The molecule has 0 rings (SSSR count). The quantitative estimate of drug-likeness (QED) is 0.0342. The Balaban J connectivity index is 4.72. The summed E-state index contributed by atoms with van der Waals surface area (Å²) in [5, 5.41) is 12.8. The lowest BCUT2D eigenvalue weighted by atomic mass is 9.98. The molecule has 0 aliphatic heterocycles. The van der Waals surface area contributed by atoms with E-state index < -0.39 is 18.0 Å². The van der Waals surface area contributed by atoms with E-state index in [0.717, 1.165) is 174 Å². The van der Waals surface area contributed by atoms with Crippen LogP contribution in [0.25, 0.3) is 0 Å². The molecule has 322 valence electrons. The maximum Gasteiger partial charge on any atom is 0.242 e. The first-order valence-corrected chi connectivity index (χ1v) is 22.5. The summed E-state index contributed by atoms with van der Waals surface area (Å²) >= 11 is 0. The van der Waals surface area contributed by atoms with Crippen molar-refractivity contribution in [1.29, 1.82) is 0 Å². The number of hydrogen-bond donors (Lipinski definition) is 8. The smallest absolute Gasteiger partial charge is 0.242 e. The van der Waals surface area contributed by atoms with Gasteiger partial charge >= 0.3 is 0 Å². The van der Waals surface area contributed by atoms with E-state index in [1.165, 1.54) is 6.42 Å². The summed E-state index contributed by atoms with van der Waals surface area (Å²) in [4.78, 5) is 61.8. The molecule has 0 heterocycles. The standard InChI is InChI=1S/C42H84N8O5/c1-2-3-13-24-35(25-14-10-12-23-34-51)48-38(28-18-21-32-45)42(55)50-37(27-17-20-31-44)41(54)47-33-22-11-8-6-4-5-7-9-15-29-39(52)49-36(40(46)53)26-16-19-30-43/h34-38,48H,2-33,43-45H2,1H3,(H2,46,53)(H,47,54)(H,49,52)(H,50,55)/p+3. The summed E-state index contributed by atoms with van der Waals surface area (Å²) in [6.45, 7) is 5.25. The Hall–Kier alpha value is -2.61. The van der Waals surface area contributed by atoms with Gasteiger partial charge in [-0.3, -0.25) is 19.2 Å². The van der Waals surface area contributed by atoms with Crippen LogP contribution in [0.15, 0.2) is 0 Å². The number of aldehydes is 1. The fourth-order valence-electron chi connectivity index (χ4n) is 6.97. The summed E-state index contributed by atoms with van der Waals surface area (Å²) in [5.74, 6) is -0.761. The molecule has 0 bridgehead atoms. The van der Waals surface area contributed by atoms with E-state index in [9.17, 15) is 24.0 Å². The number of amides is 4. The van der Waals surface area contributed by atoms with E-state index in [1.54, 1.807) is 0 Å². The Labute approximate surface area is 334 Å². The average molecular weight is 784 g/mol. The fraction of sp³-hybridized carbons (Fsp3) is 0.881. The molecule has 0 aromatic rings. The van der Waals surface area contributed by atoms with Crippen LogP contribution in [0, 0.1) is 0 Å². The predicted molar refractivity (Wildman–Crippen MR) is 221 cm³/mol. The largest absolute Gasteiger partial charge is 0.368 e. The highest BCUT2D eigenvalue weighted by atomic mass is 16.2. The zero-order valence-corrected chi connectivity index (χ0v) is 35.3. The Morgan fingerprint density at radius 1 is 0.545 bits per heavy atom. The minimum Gasteiger partial charge on any atom is -0.368 e. The van der Waals surface area contributed by atoms with Crippen molar-refractivity contribution in [3.05, 3.63) is 0 Å². The van der Waals surface area contributed by atoms with Crippen LogP contribution in [0.3, 0.4) is 0 Å². The Bertz CT molecular complexity index is 972. The van der Waals surface area contributed by atoms with Gasteiger partial charge in [0.05, 0.1) is 25.7 Å². The molecular weight excluding hydrogens is 697 g/mol. The predicted octanol–water partition coefficient (Wildman–Crippen LogP) is 2.75. The summed E-state index contributed by atoms with van der Waals surface area (Å²) < 4.78 is 0. The van der Waals surface area contributed by atoms with E-state index in [2.05, 4.69) is 45.4 Å². The molecule has 0 aromatic heterocycles. The third kappa shape index (κ3) is 31.2. The summed E-state index contributed by atoms with van der Waals surface area (Å²) in [6.07, 6.45) is 27.0. The van der Waals surface area contributed by atoms with E-state index in [0.29, 0.717) is 32.2 Å². The third-order valence-electron chi connectivity index (χ3n) is 10.5. The van der Waals surface area contributed by atoms with Crippen LogP contribution >= 0.6 is 0 Å². The SMILES string of the molecule is CCCCCC(CCCCCC=O)NC(CCCC[NH3+])C(=O)NC(CCCC[NH3+])C(=O)NCCCCCCCCCCCC(=O)NC(CCCC[NH3+])C(N)=O. The van der Waals surface area contributed by atoms with E-state index in [-0.39, 0.29) is 29.8 Å². The van der Waals surface area contributed by atoms with Crippen LogP contribution in [-0.4, -0.2) is 80.3 Å². The van der Waals surface area contributed by atoms with Gasteiger partial charge in [-0.05, 0) is 89.9 Å². The van der Waals surface area contributed by atoms with Crippen LogP contribution in [0.4, 0.5) is 0 Å². The van der Waals surface area contributed by atoms with Gasteiger partial charge in [0.25, 0.3) is 0 Å². The molecule has 0 spiro atoms. The molecule has 0 aliphatic rings. The second-order valence-corrected chi connectivity index (χ2v) is 15.6. The van der Waals surface area contributed by atoms with Crippen LogP contribution in [0.1, 0.15) is 187 Å². The van der Waals surface area contributed by atoms with Crippen molar-refractivity contribution in [2.45, 2.75) is 211 Å². The minimum absolute atomic E-state index is 0.0869. The van der Waals surface area contributed by atoms with Crippen molar-refractivity contribution in [2.24, 2.45) is 5.73 Å². The van der Waals surface area contributed by atoms with Gasteiger partial charge in [-0.2, -0.15) is 0 Å². The molecule has 0 saturated heterocycles. The van der Waals surface area contributed by atoms with Gasteiger partial charge in [-0.15, -0.1) is 0 Å². The second-order valence-electron chi connectivity index (χ2n) is 15.6. The van der Waals surface area contributed by atoms with Gasteiger partial charge in [-0.1, -0.05) is 84.0 Å². The maximum atomic E-state index is 13.8. The van der Waals surface area contributed by atoms with Crippen molar-refractivity contribution in [3.8, 4) is 0 Å². The van der Waals surface area contributed by atoms with E-state index >= 15 is 0 Å². The molecule has 13 heteroatoms. The number of unbranched alkanes of at least 4 members (excludes halogenated alkanes) is 16.